The van der Waals surface area contributed by atoms with E-state index in [1.165, 1.54) is 38.1 Å². The maximum Gasteiger partial charge on any atom is 0.245 e. The van der Waals surface area contributed by atoms with E-state index in [-0.39, 0.29) is 4.90 Å². The molecule has 6 nitrogen and oxygen atoms in total. The van der Waals surface area contributed by atoms with Gasteiger partial charge in [0.15, 0.2) is 0 Å². The number of halogens is 1. The van der Waals surface area contributed by atoms with Crippen molar-refractivity contribution in [1.82, 2.24) is 4.72 Å². The molecule has 2 aromatic rings. The number of hydrogen-bond acceptors (Lipinski definition) is 4. The predicted octanol–water partition coefficient (Wildman–Crippen LogP) is 3.04. The van der Waals surface area contributed by atoms with Gasteiger partial charge >= 0.3 is 0 Å². The molecule has 0 aliphatic heterocycles. The minimum absolute atomic E-state index is 0.0298. The van der Waals surface area contributed by atoms with E-state index in [4.69, 9.17) is 16.3 Å². The summed E-state index contributed by atoms with van der Waals surface area (Å²) >= 11 is 5.77. The number of sulfonamides is 1. The Balaban J connectivity index is 2.13. The van der Waals surface area contributed by atoms with E-state index in [1.54, 1.807) is 31.4 Å². The quantitative estimate of drug-likeness (QED) is 0.804. The number of amides is 1. The fourth-order valence-corrected chi connectivity index (χ4v) is 3.52. The van der Waals surface area contributed by atoms with E-state index >= 15 is 0 Å². The van der Waals surface area contributed by atoms with Crippen molar-refractivity contribution in [2.75, 3.05) is 12.4 Å². The monoisotopic (exact) mass is 382 g/mol. The largest absolute Gasteiger partial charge is 0.497 e. The minimum Gasteiger partial charge on any atom is -0.497 e. The molecule has 25 heavy (non-hydrogen) atoms. The molecular formula is C17H19ClN2O4S. The Kier molecular flexibility index (Phi) is 5.72. The van der Waals surface area contributed by atoms with E-state index < -0.39 is 21.5 Å². The second kappa shape index (κ2) is 7.43. The van der Waals surface area contributed by atoms with Crippen molar-refractivity contribution in [3.05, 3.63) is 53.6 Å². The van der Waals surface area contributed by atoms with Crippen LogP contribution in [0.2, 0.25) is 5.02 Å². The molecule has 2 aromatic carbocycles. The van der Waals surface area contributed by atoms with Crippen LogP contribution in [0, 0.1) is 0 Å². The zero-order valence-corrected chi connectivity index (χ0v) is 15.6. The van der Waals surface area contributed by atoms with Crippen molar-refractivity contribution in [1.29, 1.82) is 0 Å². The van der Waals surface area contributed by atoms with Gasteiger partial charge in [-0.15, -0.1) is 0 Å². The highest BCUT2D eigenvalue weighted by molar-refractivity contribution is 7.89. The molecule has 0 aliphatic rings. The summed E-state index contributed by atoms with van der Waals surface area (Å²) in [7, 11) is -2.33. The first-order valence-electron chi connectivity index (χ1n) is 7.39. The molecule has 2 rings (SSSR count). The number of benzene rings is 2. The number of carbonyl (C=O) groups excluding carboxylic acids is 1. The molecule has 0 fully saturated rings. The van der Waals surface area contributed by atoms with Gasteiger partial charge in [0.1, 0.15) is 11.3 Å². The lowest BCUT2D eigenvalue weighted by molar-refractivity contribution is -0.120. The molecule has 0 bridgehead atoms. The van der Waals surface area contributed by atoms with Gasteiger partial charge in [0.25, 0.3) is 0 Å². The summed E-state index contributed by atoms with van der Waals surface area (Å²) in [4.78, 5) is 12.5. The highest BCUT2D eigenvalue weighted by Gasteiger charge is 2.33. The first-order chi connectivity index (χ1) is 11.6. The average Bonchev–Trinajstić information content (AvgIpc) is 2.55. The lowest BCUT2D eigenvalue weighted by Crippen LogP contribution is -2.52. The van der Waals surface area contributed by atoms with Crippen molar-refractivity contribution >= 4 is 33.2 Å². The van der Waals surface area contributed by atoms with Crippen LogP contribution in [0.3, 0.4) is 0 Å². The van der Waals surface area contributed by atoms with Crippen molar-refractivity contribution in [2.24, 2.45) is 0 Å². The van der Waals surface area contributed by atoms with Crippen LogP contribution < -0.4 is 14.8 Å². The standard InChI is InChI=1S/C17H19ClN2O4S/c1-17(2,16(21)19-13-6-8-14(24-3)9-7-13)20-25(22,23)15-10-4-12(18)5-11-15/h4-11,20H,1-3H3,(H,19,21). The molecule has 0 atom stereocenters. The van der Waals surface area contributed by atoms with E-state index in [2.05, 4.69) is 10.0 Å². The van der Waals surface area contributed by atoms with Crippen LogP contribution >= 0.6 is 11.6 Å². The van der Waals surface area contributed by atoms with Gasteiger partial charge in [-0.3, -0.25) is 4.79 Å². The first kappa shape index (κ1) is 19.2. The van der Waals surface area contributed by atoms with E-state index in [1.807, 2.05) is 0 Å². The van der Waals surface area contributed by atoms with Crippen molar-refractivity contribution in [2.45, 2.75) is 24.3 Å². The molecule has 1 amide bonds. The fraction of sp³-hybridized carbons (Fsp3) is 0.235. The molecule has 0 heterocycles. The van der Waals surface area contributed by atoms with Crippen LogP contribution in [0.25, 0.3) is 0 Å². The van der Waals surface area contributed by atoms with E-state index in [0.29, 0.717) is 16.5 Å². The highest BCUT2D eigenvalue weighted by atomic mass is 35.5. The van der Waals surface area contributed by atoms with Crippen LogP contribution in [0.5, 0.6) is 5.75 Å². The molecule has 0 saturated carbocycles. The van der Waals surface area contributed by atoms with Gasteiger partial charge in [0.05, 0.1) is 12.0 Å². The zero-order valence-electron chi connectivity index (χ0n) is 14.0. The summed E-state index contributed by atoms with van der Waals surface area (Å²) in [6.07, 6.45) is 0. The van der Waals surface area contributed by atoms with Gasteiger partial charge in [-0.05, 0) is 62.4 Å². The Labute approximate surface area is 152 Å². The molecule has 2 N–H and O–H groups in total. The summed E-state index contributed by atoms with van der Waals surface area (Å²) < 4.78 is 32.4. The van der Waals surface area contributed by atoms with Crippen LogP contribution in [-0.4, -0.2) is 27.0 Å². The van der Waals surface area contributed by atoms with Crippen LogP contribution in [0.1, 0.15) is 13.8 Å². The topological polar surface area (TPSA) is 84.5 Å². The van der Waals surface area contributed by atoms with Gasteiger partial charge in [-0.25, -0.2) is 8.42 Å². The summed E-state index contributed by atoms with van der Waals surface area (Å²) in [6.45, 7) is 2.97. The van der Waals surface area contributed by atoms with E-state index in [0.717, 1.165) is 0 Å². The Morgan fingerprint density at radius 3 is 2.12 bits per heavy atom. The maximum absolute atomic E-state index is 12.5. The Morgan fingerprint density at radius 2 is 1.60 bits per heavy atom. The number of hydrogen-bond donors (Lipinski definition) is 2. The van der Waals surface area contributed by atoms with Gasteiger partial charge in [-0.1, -0.05) is 11.6 Å². The van der Waals surface area contributed by atoms with Crippen LogP contribution in [-0.2, 0) is 14.8 Å². The lowest BCUT2D eigenvalue weighted by Gasteiger charge is -2.25. The molecular weight excluding hydrogens is 364 g/mol. The van der Waals surface area contributed by atoms with Crippen molar-refractivity contribution in [3.8, 4) is 5.75 Å². The molecule has 0 spiro atoms. The highest BCUT2D eigenvalue weighted by Crippen LogP contribution is 2.19. The number of ether oxygens (including phenoxy) is 1. The van der Waals surface area contributed by atoms with Crippen molar-refractivity contribution in [3.63, 3.8) is 0 Å². The summed E-state index contributed by atoms with van der Waals surface area (Å²) in [5.41, 5.74) is -0.831. The Morgan fingerprint density at radius 1 is 1.04 bits per heavy atom. The van der Waals surface area contributed by atoms with Gasteiger partial charge in [0, 0.05) is 10.7 Å². The predicted molar refractivity (Wildman–Crippen MR) is 97.5 cm³/mol. The molecule has 0 aromatic heterocycles. The second-order valence-corrected chi connectivity index (χ2v) is 7.99. The van der Waals surface area contributed by atoms with Gasteiger partial charge in [-0.2, -0.15) is 4.72 Å². The summed E-state index contributed by atoms with van der Waals surface area (Å²) in [5, 5.41) is 3.10. The van der Waals surface area contributed by atoms with Crippen LogP contribution in [0.15, 0.2) is 53.4 Å². The number of anilines is 1. The number of nitrogens with one attached hydrogen (secondary N) is 2. The van der Waals surface area contributed by atoms with Crippen LogP contribution in [0.4, 0.5) is 5.69 Å². The first-order valence-corrected chi connectivity index (χ1v) is 9.25. The van der Waals surface area contributed by atoms with Gasteiger partial charge in [0.2, 0.25) is 15.9 Å². The summed E-state index contributed by atoms with van der Waals surface area (Å²) in [6, 6.07) is 12.4. The van der Waals surface area contributed by atoms with Crippen molar-refractivity contribution < 1.29 is 17.9 Å². The molecule has 134 valence electrons. The third-order valence-electron chi connectivity index (χ3n) is 3.43. The minimum atomic E-state index is -3.87. The van der Waals surface area contributed by atoms with E-state index in [9.17, 15) is 13.2 Å². The Hall–Kier alpha value is -2.09. The molecule has 0 aliphatic carbocycles. The Bertz CT molecular complexity index is 847. The molecule has 0 unspecified atom stereocenters. The fourth-order valence-electron chi connectivity index (χ4n) is 2.02. The third-order valence-corrected chi connectivity index (χ3v) is 5.35. The lowest BCUT2D eigenvalue weighted by atomic mass is 10.1. The zero-order chi connectivity index (χ0) is 18.7. The number of rotatable bonds is 6. The average molecular weight is 383 g/mol. The van der Waals surface area contributed by atoms with Gasteiger partial charge < -0.3 is 10.1 Å². The number of carbonyl (C=O) groups is 1. The maximum atomic E-state index is 12.5. The third kappa shape index (κ3) is 4.94. The number of methoxy groups -OCH3 is 1. The molecule has 8 heteroatoms. The molecule has 0 radical (unpaired) electrons. The summed E-state index contributed by atoms with van der Waals surface area (Å²) in [5.74, 6) is 0.163. The second-order valence-electron chi connectivity index (χ2n) is 5.87. The smallest absolute Gasteiger partial charge is 0.245 e. The normalized spacial score (nSPS) is 11.8. The molecule has 0 saturated heterocycles. The SMILES string of the molecule is COc1ccc(NC(=O)C(C)(C)NS(=O)(=O)c2ccc(Cl)cc2)cc1.